The van der Waals surface area contributed by atoms with Crippen molar-refractivity contribution in [3.05, 3.63) is 17.7 Å². The summed E-state index contributed by atoms with van der Waals surface area (Å²) >= 11 is 0. The van der Waals surface area contributed by atoms with Crippen molar-refractivity contribution < 1.29 is 0 Å². The van der Waals surface area contributed by atoms with E-state index in [1.165, 1.54) is 0 Å². The van der Waals surface area contributed by atoms with E-state index in [0.29, 0.717) is 0 Å². The summed E-state index contributed by atoms with van der Waals surface area (Å²) in [5, 5.41) is 6.08. The van der Waals surface area contributed by atoms with Gasteiger partial charge in [-0.05, 0) is 14.0 Å². The van der Waals surface area contributed by atoms with Gasteiger partial charge < -0.3 is 5.32 Å². The Bertz CT molecular complexity index is 354. The first-order valence-corrected chi connectivity index (χ1v) is 3.85. The number of aromatic nitrogens is 4. The Hall–Kier alpha value is -1.36. The van der Waals surface area contributed by atoms with Crippen molar-refractivity contribution in [3.8, 4) is 0 Å². The maximum Gasteiger partial charge on any atom is 0.250 e. The third-order valence-electron chi connectivity index (χ3n) is 1.65. The minimum absolute atomic E-state index is 0.734. The second-order valence-electron chi connectivity index (χ2n) is 2.74. The molecule has 2 heterocycles. The van der Waals surface area contributed by atoms with Crippen LogP contribution in [0.2, 0.25) is 0 Å². The van der Waals surface area contributed by atoms with E-state index in [2.05, 4.69) is 20.4 Å². The molecule has 0 fully saturated rings. The van der Waals surface area contributed by atoms with Crippen LogP contribution >= 0.6 is 0 Å². The molecule has 0 saturated heterocycles. The molecule has 0 saturated carbocycles. The topological polar surface area (TPSA) is 58.0 Å². The summed E-state index contributed by atoms with van der Waals surface area (Å²) in [6, 6.07) is 0. The van der Waals surface area contributed by atoms with Crippen molar-refractivity contribution >= 4 is 5.78 Å². The quantitative estimate of drug-likeness (QED) is 0.662. The van der Waals surface area contributed by atoms with Gasteiger partial charge in [0.05, 0.1) is 11.9 Å². The molecule has 0 radical (unpaired) electrons. The molecule has 0 bridgehead atoms. The number of nitrogens with zero attached hydrogens (tertiary/aromatic N) is 3. The van der Waals surface area contributed by atoms with Gasteiger partial charge in [-0.1, -0.05) is 0 Å². The molecule has 64 valence electrons. The van der Waals surface area contributed by atoms with Crippen LogP contribution in [0.15, 0.2) is 6.20 Å². The zero-order valence-corrected chi connectivity index (χ0v) is 7.13. The van der Waals surface area contributed by atoms with Gasteiger partial charge in [0.15, 0.2) is 0 Å². The molecule has 0 atom stereocenters. The molecule has 2 aromatic rings. The van der Waals surface area contributed by atoms with Crippen LogP contribution in [0.1, 0.15) is 11.5 Å². The fourth-order valence-electron chi connectivity index (χ4n) is 1.19. The lowest BCUT2D eigenvalue weighted by atomic mass is 10.5. The van der Waals surface area contributed by atoms with Crippen LogP contribution in [0, 0.1) is 6.92 Å². The lowest BCUT2D eigenvalue weighted by Gasteiger charge is -1.89. The van der Waals surface area contributed by atoms with Crippen LogP contribution in [0.5, 0.6) is 0 Å². The monoisotopic (exact) mass is 165 g/mol. The third kappa shape index (κ3) is 1.08. The number of hydrogen-bond acceptors (Lipinski definition) is 3. The number of aromatic amines is 1. The molecule has 0 spiro atoms. The van der Waals surface area contributed by atoms with E-state index < -0.39 is 0 Å². The molecule has 2 aromatic heterocycles. The van der Waals surface area contributed by atoms with Crippen molar-refractivity contribution in [1.82, 2.24) is 24.9 Å². The van der Waals surface area contributed by atoms with Crippen LogP contribution in [-0.2, 0) is 6.54 Å². The standard InChI is InChI=1S/C7H11N5/c1-5-9-7-10-6(3-8-2)4-12(7)11-5/h4,8H,3H2,1-2H3,(H,9,10,11). The largest absolute Gasteiger partial charge is 0.314 e. The summed E-state index contributed by atoms with van der Waals surface area (Å²) in [6.45, 7) is 2.68. The molecule has 0 aromatic carbocycles. The van der Waals surface area contributed by atoms with Crippen LogP contribution in [0.25, 0.3) is 5.78 Å². The number of aryl methyl sites for hydroxylation is 1. The van der Waals surface area contributed by atoms with E-state index in [4.69, 9.17) is 0 Å². The van der Waals surface area contributed by atoms with Crippen LogP contribution < -0.4 is 5.32 Å². The number of imidazole rings is 1. The highest BCUT2D eigenvalue weighted by molar-refractivity contribution is 5.29. The molecule has 2 N–H and O–H groups in total. The molecule has 0 unspecified atom stereocenters. The summed E-state index contributed by atoms with van der Waals surface area (Å²) in [4.78, 5) is 8.47. The van der Waals surface area contributed by atoms with Gasteiger partial charge in [0.1, 0.15) is 5.82 Å². The second-order valence-corrected chi connectivity index (χ2v) is 2.74. The highest BCUT2D eigenvalue weighted by Crippen LogP contribution is 2.01. The lowest BCUT2D eigenvalue weighted by molar-refractivity contribution is 0.793. The molecular weight excluding hydrogens is 154 g/mol. The predicted octanol–water partition coefficient (Wildman–Crippen LogP) is 0.0852. The Morgan fingerprint density at radius 2 is 2.42 bits per heavy atom. The zero-order valence-electron chi connectivity index (χ0n) is 7.13. The maximum atomic E-state index is 4.28. The van der Waals surface area contributed by atoms with Gasteiger partial charge >= 0.3 is 0 Å². The third-order valence-corrected chi connectivity index (χ3v) is 1.65. The van der Waals surface area contributed by atoms with Crippen molar-refractivity contribution in [2.45, 2.75) is 13.5 Å². The Balaban J connectivity index is 2.43. The molecule has 2 rings (SSSR count). The van der Waals surface area contributed by atoms with Gasteiger partial charge in [0, 0.05) is 6.54 Å². The average Bonchev–Trinajstić information content (AvgIpc) is 2.44. The van der Waals surface area contributed by atoms with E-state index in [1.54, 1.807) is 0 Å². The number of hydrogen-bond donors (Lipinski definition) is 2. The SMILES string of the molecule is CNCc1cn2[nH]c(C)nc2n1. The molecule has 12 heavy (non-hydrogen) atoms. The Morgan fingerprint density at radius 1 is 1.58 bits per heavy atom. The molecular formula is C7H11N5. The fraction of sp³-hybridized carbons (Fsp3) is 0.429. The van der Waals surface area contributed by atoms with Crippen LogP contribution in [-0.4, -0.2) is 26.6 Å². The minimum Gasteiger partial charge on any atom is -0.314 e. The first kappa shape index (κ1) is 7.30. The number of rotatable bonds is 2. The summed E-state index contributed by atoms with van der Waals surface area (Å²) in [5.74, 6) is 1.62. The predicted molar refractivity (Wildman–Crippen MR) is 44.8 cm³/mol. The molecule has 0 aliphatic heterocycles. The van der Waals surface area contributed by atoms with Crippen LogP contribution in [0.4, 0.5) is 0 Å². The summed E-state index contributed by atoms with van der Waals surface area (Å²) in [5.41, 5.74) is 0.997. The highest BCUT2D eigenvalue weighted by atomic mass is 15.3. The fourth-order valence-corrected chi connectivity index (χ4v) is 1.19. The van der Waals surface area contributed by atoms with E-state index in [9.17, 15) is 0 Å². The van der Waals surface area contributed by atoms with Gasteiger partial charge in [-0.2, -0.15) is 4.98 Å². The Morgan fingerprint density at radius 3 is 3.08 bits per heavy atom. The second kappa shape index (κ2) is 2.60. The van der Waals surface area contributed by atoms with Gasteiger partial charge in [-0.25, -0.2) is 9.50 Å². The summed E-state index contributed by atoms with van der Waals surface area (Å²) in [6.07, 6.45) is 1.94. The normalized spacial score (nSPS) is 11.2. The minimum atomic E-state index is 0.734. The van der Waals surface area contributed by atoms with Gasteiger partial charge in [-0.3, -0.25) is 5.10 Å². The molecule has 5 nitrogen and oxygen atoms in total. The molecule has 0 aliphatic rings. The highest BCUT2D eigenvalue weighted by Gasteiger charge is 2.02. The van der Waals surface area contributed by atoms with Crippen molar-refractivity contribution in [2.24, 2.45) is 0 Å². The van der Waals surface area contributed by atoms with Crippen LogP contribution in [0.3, 0.4) is 0 Å². The van der Waals surface area contributed by atoms with E-state index in [-0.39, 0.29) is 0 Å². The van der Waals surface area contributed by atoms with Crippen molar-refractivity contribution in [2.75, 3.05) is 7.05 Å². The summed E-state index contributed by atoms with van der Waals surface area (Å²) in [7, 11) is 1.90. The number of fused-ring (bicyclic) bond motifs is 1. The number of H-pyrrole nitrogens is 1. The average molecular weight is 165 g/mol. The maximum absolute atomic E-state index is 4.28. The summed E-state index contributed by atoms with van der Waals surface area (Å²) < 4.78 is 1.82. The first-order chi connectivity index (χ1) is 5.79. The lowest BCUT2D eigenvalue weighted by Crippen LogP contribution is -2.05. The van der Waals surface area contributed by atoms with Gasteiger partial charge in [-0.15, -0.1) is 0 Å². The van der Waals surface area contributed by atoms with Crippen molar-refractivity contribution in [3.63, 3.8) is 0 Å². The first-order valence-electron chi connectivity index (χ1n) is 3.85. The van der Waals surface area contributed by atoms with E-state index in [1.807, 2.05) is 24.7 Å². The molecule has 0 amide bonds. The molecule has 5 heteroatoms. The van der Waals surface area contributed by atoms with E-state index >= 15 is 0 Å². The zero-order chi connectivity index (χ0) is 8.55. The Labute approximate surface area is 69.8 Å². The Kier molecular flexibility index (Phi) is 1.58. The van der Waals surface area contributed by atoms with Crippen molar-refractivity contribution in [1.29, 1.82) is 0 Å². The van der Waals surface area contributed by atoms with Gasteiger partial charge in [0.25, 0.3) is 5.78 Å². The van der Waals surface area contributed by atoms with Gasteiger partial charge in [0.2, 0.25) is 0 Å². The smallest absolute Gasteiger partial charge is 0.250 e. The number of nitrogens with one attached hydrogen (secondary N) is 2. The van der Waals surface area contributed by atoms with E-state index in [0.717, 1.165) is 23.8 Å². The molecule has 0 aliphatic carbocycles.